The maximum Gasteiger partial charge on any atom is 0.177 e. The molecule has 0 amide bonds. The molecule has 1 aromatic carbocycles. The average molecular weight is 297 g/mol. The van der Waals surface area contributed by atoms with Gasteiger partial charge in [-0.3, -0.25) is 0 Å². The molecule has 90 valence electrons. The lowest BCUT2D eigenvalue weighted by atomic mass is 10.3. The molecular formula is C12H13BrN2O2. The Morgan fingerprint density at radius 1 is 1.35 bits per heavy atom. The Kier molecular flexibility index (Phi) is 3.68. The highest BCUT2D eigenvalue weighted by atomic mass is 79.9. The summed E-state index contributed by atoms with van der Waals surface area (Å²) in [6.07, 6.45) is 1.79. The lowest BCUT2D eigenvalue weighted by Gasteiger charge is -2.08. The number of phenols is 1. The van der Waals surface area contributed by atoms with E-state index in [-0.39, 0.29) is 5.75 Å². The van der Waals surface area contributed by atoms with E-state index in [4.69, 9.17) is 9.84 Å². The van der Waals surface area contributed by atoms with E-state index in [0.717, 1.165) is 22.7 Å². The first kappa shape index (κ1) is 12.0. The van der Waals surface area contributed by atoms with Gasteiger partial charge in [0.1, 0.15) is 18.1 Å². The minimum atomic E-state index is 0.235. The van der Waals surface area contributed by atoms with Gasteiger partial charge < -0.3 is 14.4 Å². The van der Waals surface area contributed by atoms with Crippen LogP contribution in [0, 0.1) is 0 Å². The van der Waals surface area contributed by atoms with Gasteiger partial charge in [0.2, 0.25) is 0 Å². The van der Waals surface area contributed by atoms with Gasteiger partial charge in [-0.25, -0.2) is 4.98 Å². The van der Waals surface area contributed by atoms with E-state index in [1.54, 1.807) is 30.5 Å². The van der Waals surface area contributed by atoms with E-state index in [0.29, 0.717) is 6.61 Å². The van der Waals surface area contributed by atoms with Crippen molar-refractivity contribution < 1.29 is 9.84 Å². The van der Waals surface area contributed by atoms with Crippen molar-refractivity contribution in [2.75, 3.05) is 0 Å². The second-order valence-electron chi connectivity index (χ2n) is 3.55. The molecular weight excluding hydrogens is 284 g/mol. The molecule has 0 bridgehead atoms. The fourth-order valence-electron chi connectivity index (χ4n) is 1.53. The van der Waals surface area contributed by atoms with Crippen LogP contribution in [0.25, 0.3) is 0 Å². The van der Waals surface area contributed by atoms with Gasteiger partial charge in [0.05, 0.1) is 11.9 Å². The number of halogens is 1. The first-order valence-corrected chi connectivity index (χ1v) is 6.11. The van der Waals surface area contributed by atoms with Crippen LogP contribution in [0.3, 0.4) is 0 Å². The number of ether oxygens (including phenoxy) is 1. The van der Waals surface area contributed by atoms with Crippen LogP contribution < -0.4 is 4.74 Å². The van der Waals surface area contributed by atoms with Gasteiger partial charge in [-0.1, -0.05) is 0 Å². The topological polar surface area (TPSA) is 47.3 Å². The number of hydrogen-bond acceptors (Lipinski definition) is 3. The number of nitrogens with zero attached hydrogens (tertiary/aromatic N) is 2. The van der Waals surface area contributed by atoms with Crippen LogP contribution >= 0.6 is 15.9 Å². The summed E-state index contributed by atoms with van der Waals surface area (Å²) in [6, 6.07) is 6.67. The Labute approximate surface area is 108 Å². The van der Waals surface area contributed by atoms with Crippen LogP contribution in [0.1, 0.15) is 12.6 Å². The molecule has 0 unspecified atom stereocenters. The predicted octanol–water partition coefficient (Wildman–Crippen LogP) is 2.95. The number of phenolic OH excluding ortho intramolecular Hbond substituents is 1. The molecule has 0 aliphatic rings. The summed E-state index contributed by atoms with van der Waals surface area (Å²) in [4.78, 5) is 4.17. The minimum Gasteiger partial charge on any atom is -0.508 e. The van der Waals surface area contributed by atoms with Crippen LogP contribution in [-0.2, 0) is 13.2 Å². The molecule has 1 aromatic heterocycles. The van der Waals surface area contributed by atoms with Gasteiger partial charge >= 0.3 is 0 Å². The molecule has 0 radical (unpaired) electrons. The Bertz CT molecular complexity index is 494. The molecule has 1 N–H and O–H groups in total. The number of rotatable bonds is 4. The molecule has 4 nitrogen and oxygen atoms in total. The zero-order valence-corrected chi connectivity index (χ0v) is 11.0. The predicted molar refractivity (Wildman–Crippen MR) is 68.0 cm³/mol. The van der Waals surface area contributed by atoms with Crippen molar-refractivity contribution in [3.63, 3.8) is 0 Å². The van der Waals surface area contributed by atoms with E-state index in [9.17, 15) is 0 Å². The van der Waals surface area contributed by atoms with E-state index in [1.807, 2.05) is 4.57 Å². The van der Waals surface area contributed by atoms with Crippen molar-refractivity contribution in [3.8, 4) is 11.5 Å². The lowest BCUT2D eigenvalue weighted by molar-refractivity contribution is 0.294. The molecule has 0 fully saturated rings. The Morgan fingerprint density at radius 2 is 2.06 bits per heavy atom. The van der Waals surface area contributed by atoms with Crippen LogP contribution in [0.5, 0.6) is 11.5 Å². The number of aromatic hydroxyl groups is 1. The third kappa shape index (κ3) is 2.79. The summed E-state index contributed by atoms with van der Waals surface area (Å²) in [5, 5.41) is 9.15. The van der Waals surface area contributed by atoms with Crippen molar-refractivity contribution in [1.82, 2.24) is 9.55 Å². The van der Waals surface area contributed by atoms with Crippen molar-refractivity contribution in [1.29, 1.82) is 0 Å². The second kappa shape index (κ2) is 5.23. The Hall–Kier alpha value is -1.49. The van der Waals surface area contributed by atoms with Crippen LogP contribution in [0.15, 0.2) is 35.2 Å². The summed E-state index contributed by atoms with van der Waals surface area (Å²) in [7, 11) is 0. The van der Waals surface area contributed by atoms with Crippen LogP contribution in [0.4, 0.5) is 0 Å². The van der Waals surface area contributed by atoms with Gasteiger partial charge in [0, 0.05) is 6.54 Å². The first-order valence-electron chi connectivity index (χ1n) is 5.32. The maximum absolute atomic E-state index is 9.15. The van der Waals surface area contributed by atoms with Crippen LogP contribution in [-0.4, -0.2) is 14.7 Å². The minimum absolute atomic E-state index is 0.235. The second-order valence-corrected chi connectivity index (χ2v) is 4.25. The molecule has 5 heteroatoms. The highest BCUT2D eigenvalue weighted by Gasteiger charge is 2.06. The fourth-order valence-corrected chi connectivity index (χ4v) is 2.11. The quantitative estimate of drug-likeness (QED) is 0.944. The third-order valence-corrected chi connectivity index (χ3v) is 3.06. The SMILES string of the molecule is CCn1c(COc2ccc(O)cc2)cnc1Br. The van der Waals surface area contributed by atoms with Gasteiger partial charge in [-0.05, 0) is 47.1 Å². The van der Waals surface area contributed by atoms with Crippen LogP contribution in [0.2, 0.25) is 0 Å². The lowest BCUT2D eigenvalue weighted by Crippen LogP contribution is -2.04. The molecule has 0 spiro atoms. The number of hydrogen-bond donors (Lipinski definition) is 1. The zero-order valence-electron chi connectivity index (χ0n) is 9.43. The molecule has 0 saturated carbocycles. The summed E-state index contributed by atoms with van der Waals surface area (Å²) in [5.74, 6) is 0.960. The summed E-state index contributed by atoms with van der Waals surface area (Å²) < 4.78 is 8.45. The molecule has 0 aliphatic heterocycles. The maximum atomic E-state index is 9.15. The Morgan fingerprint density at radius 3 is 2.71 bits per heavy atom. The summed E-state index contributed by atoms with van der Waals surface area (Å²) in [5.41, 5.74) is 1.01. The molecule has 2 aromatic rings. The molecule has 0 saturated heterocycles. The fraction of sp³-hybridized carbons (Fsp3) is 0.250. The summed E-state index contributed by atoms with van der Waals surface area (Å²) >= 11 is 3.38. The summed E-state index contributed by atoms with van der Waals surface area (Å²) in [6.45, 7) is 3.35. The third-order valence-electron chi connectivity index (χ3n) is 2.43. The zero-order chi connectivity index (χ0) is 12.3. The van der Waals surface area contributed by atoms with E-state index < -0.39 is 0 Å². The number of benzene rings is 1. The number of aromatic nitrogens is 2. The monoisotopic (exact) mass is 296 g/mol. The highest BCUT2D eigenvalue weighted by Crippen LogP contribution is 2.18. The molecule has 0 atom stereocenters. The number of imidazole rings is 1. The van der Waals surface area contributed by atoms with E-state index in [2.05, 4.69) is 27.8 Å². The highest BCUT2D eigenvalue weighted by molar-refractivity contribution is 9.10. The average Bonchev–Trinajstić information content (AvgIpc) is 2.69. The molecule has 1 heterocycles. The van der Waals surface area contributed by atoms with Gasteiger partial charge in [0.25, 0.3) is 0 Å². The Balaban J connectivity index is 2.04. The smallest absolute Gasteiger partial charge is 0.177 e. The van der Waals surface area contributed by atoms with Crippen molar-refractivity contribution in [3.05, 3.63) is 40.9 Å². The molecule has 2 rings (SSSR count). The van der Waals surface area contributed by atoms with E-state index >= 15 is 0 Å². The van der Waals surface area contributed by atoms with Crippen molar-refractivity contribution >= 4 is 15.9 Å². The first-order chi connectivity index (χ1) is 8.20. The van der Waals surface area contributed by atoms with Gasteiger partial charge in [-0.2, -0.15) is 0 Å². The van der Waals surface area contributed by atoms with Gasteiger partial charge in [0.15, 0.2) is 4.73 Å². The van der Waals surface area contributed by atoms with E-state index in [1.165, 1.54) is 0 Å². The molecule has 17 heavy (non-hydrogen) atoms. The normalized spacial score (nSPS) is 10.5. The van der Waals surface area contributed by atoms with Crippen molar-refractivity contribution in [2.45, 2.75) is 20.1 Å². The standard InChI is InChI=1S/C12H13BrN2O2/c1-2-15-9(7-14-12(15)13)8-17-11-5-3-10(16)4-6-11/h3-7,16H,2,8H2,1H3. The van der Waals surface area contributed by atoms with Crippen molar-refractivity contribution in [2.24, 2.45) is 0 Å². The largest absolute Gasteiger partial charge is 0.508 e. The molecule has 0 aliphatic carbocycles. The van der Waals surface area contributed by atoms with Gasteiger partial charge in [-0.15, -0.1) is 0 Å².